The fourth-order valence-electron chi connectivity index (χ4n) is 10.1. The largest absolute Gasteiger partial charge is 0.388 e. The molecule has 0 bridgehead atoms. The van der Waals surface area contributed by atoms with Gasteiger partial charge in [-0.25, -0.2) is 4.98 Å². The van der Waals surface area contributed by atoms with E-state index < -0.39 is 0 Å². The van der Waals surface area contributed by atoms with Crippen LogP contribution in [0.3, 0.4) is 0 Å². The molecule has 1 aliphatic heterocycles. The van der Waals surface area contributed by atoms with Crippen molar-refractivity contribution in [3.63, 3.8) is 0 Å². The molecule has 1 aliphatic carbocycles. The van der Waals surface area contributed by atoms with Crippen LogP contribution in [-0.2, 0) is 16.1 Å². The number of anilines is 6. The molecule has 8 aromatic rings. The first-order valence-electron chi connectivity index (χ1n) is 39.1. The standard InChI is InChI=1S/C9H14N2.C9H9NS.C9H19N.C8H8N2S.C8H18N2.2C8H11N.C7H10N2.C5H12N2O.C5H13NO.C5H13N.C4H11N.C2H7N.7CH4/c1-10-8-5-4-6-9(7-8)11(2)3;1-10-8-3-2-7-4-5-11-9(7)6-8;1-8-4-3-5-9(8)6-7-10-2;1-9-6-2-3-7-8(4-6)11-5-10-7;1-9-5-8-10-6-3-2-4-7-10;2*1-7-4-3-5-8(6-7)9-2;1-8-5-7-3-2-4-9-6-7;1-5(8)7-4-3-6-2;1-6(2)4-5-7-3;1-4-5-6(2)3;1-3-4-5-2;1-3-2;;;;;;;/h4-7,10H,1-3H3;2-6,10H,1H3;8-10H,3-7H2,1-2H3;2-5,9H,1H3;9H,2-8H2,1H3;2*3-6,9H,1-2H3;2-4,6,8H,5H2,1H3;6H,3-4H2,1-2H3,(H,7,8);4-5H2,1-3H3;4-5H2,1-3H3;5H,3-4H2,1-2H3;3H,1-2H3;7*1H4. The van der Waals surface area contributed by atoms with Crippen molar-refractivity contribution >= 4 is 83.0 Å². The number of pyridine rings is 1. The van der Waals surface area contributed by atoms with Gasteiger partial charge in [-0.05, 0) is 280 Å². The number of carbonyl (C=O) groups is 1. The summed E-state index contributed by atoms with van der Waals surface area (Å²) in [7, 11) is 37.2. The Bertz CT molecular complexity index is 3140. The number of piperidine rings is 1. The zero-order chi connectivity index (χ0) is 82.1. The molecule has 1 amide bonds. The summed E-state index contributed by atoms with van der Waals surface area (Å²) in [5.41, 5.74) is 13.8. The summed E-state index contributed by atoms with van der Waals surface area (Å²) in [5.74, 6) is 2.04. The lowest BCUT2D eigenvalue weighted by Gasteiger charge is -2.25. The number of nitrogens with one attached hydrogen (secondary N) is 12. The van der Waals surface area contributed by atoms with Gasteiger partial charge in [-0.1, -0.05) is 141 Å². The Morgan fingerprint density at radius 1 is 0.526 bits per heavy atom. The van der Waals surface area contributed by atoms with Crippen molar-refractivity contribution < 1.29 is 9.53 Å². The molecule has 1 saturated heterocycles. The van der Waals surface area contributed by atoms with Gasteiger partial charge in [0.15, 0.2) is 0 Å². The van der Waals surface area contributed by atoms with E-state index in [0.717, 1.165) is 68.1 Å². The van der Waals surface area contributed by atoms with Gasteiger partial charge in [-0.15, -0.1) is 22.7 Å². The third-order valence-corrected chi connectivity index (χ3v) is 18.0. The summed E-state index contributed by atoms with van der Waals surface area (Å²) in [6, 6.07) is 43.5. The molecule has 2 aliphatic rings. The second-order valence-corrected chi connectivity index (χ2v) is 28.7. The van der Waals surface area contributed by atoms with E-state index in [1.54, 1.807) is 36.0 Å². The molecule has 12 N–H and O–H groups in total. The average Bonchev–Trinajstić information content (AvgIpc) is 1.72. The lowest BCUT2D eigenvalue weighted by Crippen LogP contribution is -2.34. The lowest BCUT2D eigenvalue weighted by molar-refractivity contribution is -0.118. The number of fused-ring (bicyclic) bond motifs is 2. The highest BCUT2D eigenvalue weighted by Crippen LogP contribution is 2.33. The van der Waals surface area contributed by atoms with Gasteiger partial charge >= 0.3 is 0 Å². The van der Waals surface area contributed by atoms with Crippen LogP contribution in [-0.4, -0.2) is 237 Å². The maximum Gasteiger partial charge on any atom is 0.216 e. The minimum Gasteiger partial charge on any atom is -0.388 e. The number of thiazole rings is 1. The molecule has 0 radical (unpaired) electrons. The Labute approximate surface area is 724 Å². The van der Waals surface area contributed by atoms with E-state index in [9.17, 15) is 4.79 Å². The number of aromatic nitrogens is 2. The first-order valence-corrected chi connectivity index (χ1v) is 40.9. The van der Waals surface area contributed by atoms with Crippen LogP contribution in [0, 0.1) is 25.7 Å². The Balaban J connectivity index is -0.000000132. The van der Waals surface area contributed by atoms with Gasteiger partial charge in [-0.2, -0.15) is 0 Å². The number of nitrogens with zero attached hydrogens (tertiary/aromatic N) is 6. The van der Waals surface area contributed by atoms with Gasteiger partial charge < -0.3 is 88.1 Å². The number of aryl methyl sites for hydroxylation is 2. The van der Waals surface area contributed by atoms with Crippen LogP contribution >= 0.6 is 22.7 Å². The Morgan fingerprint density at radius 3 is 1.43 bits per heavy atom. The van der Waals surface area contributed by atoms with Crippen LogP contribution in [0.2, 0.25) is 0 Å². The van der Waals surface area contributed by atoms with E-state index in [-0.39, 0.29) is 57.9 Å². The lowest BCUT2D eigenvalue weighted by atomic mass is 9.95. The topological polar surface area (TPSA) is 209 Å². The number of ether oxygens (including phenoxy) is 1. The Kier molecular flexibility index (Phi) is 103. The van der Waals surface area contributed by atoms with Gasteiger partial charge in [0.1, 0.15) is 0 Å². The van der Waals surface area contributed by atoms with E-state index in [1.165, 1.54) is 152 Å². The first kappa shape index (κ1) is 130. The number of hydrogen-bond acceptors (Lipinski definition) is 21. The zero-order valence-electron chi connectivity index (χ0n) is 72.8. The molecular formula is C94H184N18O2S2. The number of methoxy groups -OCH3 is 1. The number of likely N-dealkylation sites (tertiary alicyclic amines) is 1. The number of benzene rings is 5. The predicted molar refractivity (Wildman–Crippen MR) is 537 cm³/mol. The molecule has 2 fully saturated rings. The minimum atomic E-state index is 0. The van der Waals surface area contributed by atoms with Crippen LogP contribution in [0.25, 0.3) is 20.3 Å². The quantitative estimate of drug-likeness (QED) is 0.0254. The van der Waals surface area contributed by atoms with Gasteiger partial charge in [0.05, 0.1) is 22.3 Å². The minimum absolute atomic E-state index is 0. The second-order valence-electron chi connectivity index (χ2n) is 26.9. The average molecular weight is 1660 g/mol. The highest BCUT2D eigenvalue weighted by atomic mass is 32.1. The summed E-state index contributed by atoms with van der Waals surface area (Å²) < 4.78 is 7.39. The summed E-state index contributed by atoms with van der Waals surface area (Å²) in [6.07, 6.45) is 16.2. The second kappa shape index (κ2) is 91.9. The van der Waals surface area contributed by atoms with E-state index in [2.05, 4.69) is 214 Å². The molecule has 4 heterocycles. The van der Waals surface area contributed by atoms with Gasteiger partial charge in [0.2, 0.25) is 5.91 Å². The number of hydrogen-bond donors (Lipinski definition) is 12. The van der Waals surface area contributed by atoms with Crippen molar-refractivity contribution in [2.75, 3.05) is 238 Å². The first-order chi connectivity index (χ1) is 52.5. The Hall–Kier alpha value is -7.03. The fourth-order valence-corrected chi connectivity index (χ4v) is 11.7. The van der Waals surface area contributed by atoms with E-state index in [4.69, 9.17) is 4.74 Å². The predicted octanol–water partition coefficient (Wildman–Crippen LogP) is 20.1. The monoisotopic (exact) mass is 1660 g/mol. The summed E-state index contributed by atoms with van der Waals surface area (Å²) in [4.78, 5) is 27.2. The van der Waals surface area contributed by atoms with Crippen molar-refractivity contribution in [2.24, 2.45) is 11.8 Å². The van der Waals surface area contributed by atoms with Gasteiger partial charge in [0, 0.05) is 154 Å². The molecule has 0 spiro atoms. The van der Waals surface area contributed by atoms with Crippen LogP contribution in [0.4, 0.5) is 34.1 Å². The molecule has 2 unspecified atom stereocenters. The molecule has 2 atom stereocenters. The number of carbonyl (C=O) groups excluding carboxylic acids is 1. The summed E-state index contributed by atoms with van der Waals surface area (Å²) >= 11 is 3.44. The highest BCUT2D eigenvalue weighted by Gasteiger charge is 2.22. The molecular weight excluding hydrogens is 1480 g/mol. The van der Waals surface area contributed by atoms with Crippen LogP contribution in [0.5, 0.6) is 0 Å². The molecule has 674 valence electrons. The Morgan fingerprint density at radius 2 is 1.03 bits per heavy atom. The van der Waals surface area contributed by atoms with E-state index >= 15 is 0 Å². The SMILES string of the molecule is C.C.C.C.C.C.C.CCCN(C)C.CCCNC.CNC.CNCCC1CCCC1C.CNCCN1CCCCC1.CNCCNC(C)=O.CNCc1cccnc1.CNc1ccc2ccsc2c1.CNc1ccc2ncsc2c1.CNc1cccc(C)c1.CNc1cccc(C)c1.CNc1cccc(N(C)C)c1.COCCN(C)C. The van der Waals surface area contributed by atoms with Crippen molar-refractivity contribution in [1.82, 2.24) is 61.9 Å². The maximum atomic E-state index is 10.2. The normalized spacial score (nSPS) is 11.9. The molecule has 1 saturated carbocycles. The number of rotatable bonds is 24. The summed E-state index contributed by atoms with van der Waals surface area (Å²) in [5, 5.41) is 39.6. The van der Waals surface area contributed by atoms with Crippen LogP contribution in [0.15, 0.2) is 151 Å². The number of thiophene rings is 1. The third kappa shape index (κ3) is 75.7. The maximum absolute atomic E-state index is 10.2. The van der Waals surface area contributed by atoms with Crippen molar-refractivity contribution in [3.8, 4) is 0 Å². The van der Waals surface area contributed by atoms with Crippen molar-refractivity contribution in [2.45, 2.75) is 158 Å². The molecule has 20 nitrogen and oxygen atoms in total. The van der Waals surface area contributed by atoms with Crippen LogP contribution < -0.4 is 68.7 Å². The number of amides is 1. The molecule has 3 aromatic heterocycles. The highest BCUT2D eigenvalue weighted by molar-refractivity contribution is 7.17. The van der Waals surface area contributed by atoms with Crippen molar-refractivity contribution in [1.29, 1.82) is 0 Å². The third-order valence-electron chi connectivity index (χ3n) is 16.3. The fraction of sp³-hybridized carbons (Fsp3) is 0.585. The van der Waals surface area contributed by atoms with Gasteiger partial charge in [-0.3, -0.25) is 9.78 Å². The molecule has 5 aromatic carbocycles. The summed E-state index contributed by atoms with van der Waals surface area (Å²) in [6.45, 7) is 25.2. The number of likely N-dealkylation sites (N-methyl/N-ethyl adjacent to an activating group) is 3. The molecule has 116 heavy (non-hydrogen) atoms. The molecule has 22 heteroatoms. The molecule has 10 rings (SSSR count). The van der Waals surface area contributed by atoms with E-state index in [1.807, 2.05) is 185 Å². The van der Waals surface area contributed by atoms with E-state index in [0.29, 0.717) is 6.54 Å². The smallest absolute Gasteiger partial charge is 0.216 e. The zero-order valence-corrected chi connectivity index (χ0v) is 74.4. The van der Waals surface area contributed by atoms with Crippen LogP contribution in [0.1, 0.15) is 154 Å². The van der Waals surface area contributed by atoms with Gasteiger partial charge in [0.25, 0.3) is 0 Å². The van der Waals surface area contributed by atoms with Crippen molar-refractivity contribution in [3.05, 3.63) is 167 Å².